The quantitative estimate of drug-likeness (QED) is 0.853. The fourth-order valence-electron chi connectivity index (χ4n) is 2.84. The fraction of sp³-hybridized carbons (Fsp3) is 0.588. The highest BCUT2D eigenvalue weighted by atomic mass is 16.5. The normalized spacial score (nSPS) is 20.6. The van der Waals surface area contributed by atoms with Crippen molar-refractivity contribution in [3.8, 4) is 0 Å². The smallest absolute Gasteiger partial charge is 0.272 e. The number of amides is 1. The van der Waals surface area contributed by atoms with E-state index in [-0.39, 0.29) is 18.1 Å². The highest BCUT2D eigenvalue weighted by molar-refractivity contribution is 5.92. The van der Waals surface area contributed by atoms with E-state index in [4.69, 9.17) is 14.0 Å². The van der Waals surface area contributed by atoms with Crippen molar-refractivity contribution in [3.05, 3.63) is 35.0 Å². The molecule has 8 heteroatoms. The molecule has 1 aliphatic heterocycles. The zero-order chi connectivity index (χ0) is 17.8. The Morgan fingerprint density at radius 2 is 2.32 bits per heavy atom. The number of nitrogens with one attached hydrogen (secondary N) is 1. The first kappa shape index (κ1) is 17.6. The van der Waals surface area contributed by atoms with Crippen LogP contribution < -0.4 is 5.32 Å². The third kappa shape index (κ3) is 4.08. The maximum atomic E-state index is 12.4. The van der Waals surface area contributed by atoms with Crippen LogP contribution in [0.25, 0.3) is 0 Å². The number of hydrogen-bond acceptors (Lipinski definition) is 6. The number of nitrogens with zero attached hydrogens (tertiary/aromatic N) is 3. The van der Waals surface area contributed by atoms with Gasteiger partial charge in [-0.3, -0.25) is 9.48 Å². The molecular weight excluding hydrogens is 324 g/mol. The van der Waals surface area contributed by atoms with Crippen molar-refractivity contribution >= 4 is 5.91 Å². The number of ether oxygens (including phenoxy) is 2. The van der Waals surface area contributed by atoms with Gasteiger partial charge in [-0.2, -0.15) is 5.10 Å². The first-order valence-corrected chi connectivity index (χ1v) is 8.54. The van der Waals surface area contributed by atoms with Crippen molar-refractivity contribution in [3.63, 3.8) is 0 Å². The molecular formula is C17H24N4O4. The molecule has 1 amide bonds. The Hall–Kier alpha value is -2.19. The van der Waals surface area contributed by atoms with E-state index in [1.807, 2.05) is 20.8 Å². The van der Waals surface area contributed by atoms with Crippen molar-refractivity contribution in [2.45, 2.75) is 52.5 Å². The summed E-state index contributed by atoms with van der Waals surface area (Å²) in [5.41, 5.74) is 2.18. The van der Waals surface area contributed by atoms with Gasteiger partial charge in [0.15, 0.2) is 0 Å². The average molecular weight is 348 g/mol. The van der Waals surface area contributed by atoms with Gasteiger partial charge in [-0.15, -0.1) is 0 Å². The Balaban J connectivity index is 1.61. The van der Waals surface area contributed by atoms with E-state index in [9.17, 15) is 4.79 Å². The lowest BCUT2D eigenvalue weighted by Crippen LogP contribution is -2.50. The molecule has 3 heterocycles. The first-order chi connectivity index (χ1) is 12.1. The van der Waals surface area contributed by atoms with Crippen LogP contribution in [0.5, 0.6) is 0 Å². The van der Waals surface area contributed by atoms with E-state index < -0.39 is 0 Å². The van der Waals surface area contributed by atoms with Crippen LogP contribution in [0.2, 0.25) is 0 Å². The zero-order valence-corrected chi connectivity index (χ0v) is 14.8. The number of carbonyl (C=O) groups excluding carboxylic acids is 1. The monoisotopic (exact) mass is 348 g/mol. The van der Waals surface area contributed by atoms with E-state index in [0.717, 1.165) is 23.6 Å². The van der Waals surface area contributed by atoms with Crippen LogP contribution in [0.15, 0.2) is 16.8 Å². The molecule has 1 fully saturated rings. The Morgan fingerprint density at radius 3 is 3.00 bits per heavy atom. The summed E-state index contributed by atoms with van der Waals surface area (Å²) in [6.45, 7) is 7.87. The van der Waals surface area contributed by atoms with Crippen molar-refractivity contribution < 1.29 is 18.8 Å². The summed E-state index contributed by atoms with van der Waals surface area (Å²) in [5, 5.41) is 11.2. The fourth-order valence-corrected chi connectivity index (χ4v) is 2.84. The van der Waals surface area contributed by atoms with Crippen LogP contribution in [-0.4, -0.2) is 46.2 Å². The zero-order valence-electron chi connectivity index (χ0n) is 14.8. The molecule has 0 bridgehead atoms. The molecule has 0 radical (unpaired) electrons. The summed E-state index contributed by atoms with van der Waals surface area (Å²) in [7, 11) is 0. The van der Waals surface area contributed by atoms with E-state index in [1.54, 1.807) is 16.9 Å². The van der Waals surface area contributed by atoms with Gasteiger partial charge < -0.3 is 19.3 Å². The molecule has 2 aromatic heterocycles. The number of rotatable bonds is 6. The largest absolute Gasteiger partial charge is 0.379 e. The standard InChI is InChI=1S/C17H24N4O4/c1-4-21-7-5-15(19-21)17(22)18-14-6-8-23-10-16(14)24-9-13-11(2)20-25-12(13)3/h5,7,14,16H,4,6,8-10H2,1-3H3,(H,18,22). The van der Waals surface area contributed by atoms with Crippen LogP contribution in [0.4, 0.5) is 0 Å². The van der Waals surface area contributed by atoms with E-state index in [2.05, 4.69) is 15.6 Å². The molecule has 1 aliphatic rings. The molecule has 8 nitrogen and oxygen atoms in total. The lowest BCUT2D eigenvalue weighted by atomic mass is 10.1. The molecule has 3 rings (SSSR count). The van der Waals surface area contributed by atoms with Gasteiger partial charge >= 0.3 is 0 Å². The summed E-state index contributed by atoms with van der Waals surface area (Å²) in [4.78, 5) is 12.4. The first-order valence-electron chi connectivity index (χ1n) is 8.54. The second-order valence-electron chi connectivity index (χ2n) is 6.15. The minimum absolute atomic E-state index is 0.117. The van der Waals surface area contributed by atoms with E-state index in [0.29, 0.717) is 31.9 Å². The van der Waals surface area contributed by atoms with Gasteiger partial charge in [0.25, 0.3) is 5.91 Å². The minimum Gasteiger partial charge on any atom is -0.379 e. The molecule has 25 heavy (non-hydrogen) atoms. The molecule has 1 N–H and O–H groups in total. The van der Waals surface area contributed by atoms with Crippen LogP contribution in [-0.2, 0) is 22.6 Å². The van der Waals surface area contributed by atoms with Crippen LogP contribution in [0, 0.1) is 13.8 Å². The van der Waals surface area contributed by atoms with Crippen molar-refractivity contribution in [1.82, 2.24) is 20.3 Å². The third-order valence-electron chi connectivity index (χ3n) is 4.44. The van der Waals surface area contributed by atoms with Gasteiger partial charge in [0, 0.05) is 24.9 Å². The lowest BCUT2D eigenvalue weighted by molar-refractivity contribution is -0.0739. The van der Waals surface area contributed by atoms with Gasteiger partial charge in [-0.05, 0) is 33.3 Å². The van der Waals surface area contributed by atoms with Gasteiger partial charge in [0.05, 0.1) is 24.9 Å². The lowest BCUT2D eigenvalue weighted by Gasteiger charge is -2.31. The van der Waals surface area contributed by atoms with E-state index in [1.165, 1.54) is 0 Å². The second kappa shape index (κ2) is 7.79. The molecule has 1 saturated heterocycles. The Morgan fingerprint density at radius 1 is 1.48 bits per heavy atom. The summed E-state index contributed by atoms with van der Waals surface area (Å²) < 4.78 is 18.4. The highest BCUT2D eigenvalue weighted by Crippen LogP contribution is 2.18. The van der Waals surface area contributed by atoms with Gasteiger partial charge in [0.1, 0.15) is 17.6 Å². The van der Waals surface area contributed by atoms with Crippen LogP contribution >= 0.6 is 0 Å². The predicted molar refractivity (Wildman–Crippen MR) is 89.1 cm³/mol. The van der Waals surface area contributed by atoms with Crippen molar-refractivity contribution in [2.24, 2.45) is 0 Å². The maximum absolute atomic E-state index is 12.4. The molecule has 2 unspecified atom stereocenters. The predicted octanol–water partition coefficient (Wildman–Crippen LogP) is 1.61. The maximum Gasteiger partial charge on any atom is 0.272 e. The average Bonchev–Trinajstić information content (AvgIpc) is 3.22. The Labute approximate surface area is 146 Å². The third-order valence-corrected chi connectivity index (χ3v) is 4.44. The van der Waals surface area contributed by atoms with Crippen LogP contribution in [0.1, 0.15) is 40.9 Å². The summed E-state index contributed by atoms with van der Waals surface area (Å²) in [6, 6.07) is 1.60. The highest BCUT2D eigenvalue weighted by Gasteiger charge is 2.29. The van der Waals surface area contributed by atoms with Gasteiger partial charge in [-0.25, -0.2) is 0 Å². The summed E-state index contributed by atoms with van der Waals surface area (Å²) >= 11 is 0. The number of aromatic nitrogens is 3. The number of carbonyl (C=O) groups is 1. The molecule has 0 aromatic carbocycles. The molecule has 2 atom stereocenters. The summed E-state index contributed by atoms with van der Waals surface area (Å²) in [5.74, 6) is 0.560. The van der Waals surface area contributed by atoms with Crippen LogP contribution in [0.3, 0.4) is 0 Å². The topological polar surface area (TPSA) is 91.4 Å². The number of aryl methyl sites for hydroxylation is 3. The molecule has 0 spiro atoms. The van der Waals surface area contributed by atoms with Gasteiger partial charge in [-0.1, -0.05) is 5.16 Å². The molecule has 0 saturated carbocycles. The molecule has 136 valence electrons. The molecule has 0 aliphatic carbocycles. The minimum atomic E-state index is -0.223. The van der Waals surface area contributed by atoms with Crippen molar-refractivity contribution in [1.29, 1.82) is 0 Å². The van der Waals surface area contributed by atoms with Crippen molar-refractivity contribution in [2.75, 3.05) is 13.2 Å². The SMILES string of the molecule is CCn1ccc(C(=O)NC2CCOCC2OCc2c(C)noc2C)n1. The van der Waals surface area contributed by atoms with E-state index >= 15 is 0 Å². The number of hydrogen-bond donors (Lipinski definition) is 1. The second-order valence-corrected chi connectivity index (χ2v) is 6.15. The van der Waals surface area contributed by atoms with Gasteiger partial charge in [0.2, 0.25) is 0 Å². The summed E-state index contributed by atoms with van der Waals surface area (Å²) in [6.07, 6.45) is 2.27. The molecule has 2 aromatic rings. The Bertz CT molecular complexity index is 705. The Kier molecular flexibility index (Phi) is 5.50.